The van der Waals surface area contributed by atoms with Crippen LogP contribution >= 0.6 is 0 Å². The molecule has 6 unspecified atom stereocenters. The molecule has 1 heteroatoms. The first-order chi connectivity index (χ1) is 54.9. The first kappa shape index (κ1) is 142. The zero-order valence-electron chi connectivity index (χ0n) is 95.4. The van der Waals surface area contributed by atoms with Gasteiger partial charge in [0.05, 0.1) is 6.61 Å². The summed E-state index contributed by atoms with van der Waals surface area (Å²) in [7, 11) is 0. The van der Waals surface area contributed by atoms with E-state index in [1.54, 1.807) is 0 Å². The summed E-state index contributed by atoms with van der Waals surface area (Å²) in [6.07, 6.45) is 62.2. The lowest BCUT2D eigenvalue weighted by atomic mass is 9.77. The molecule has 0 spiro atoms. The zero-order valence-corrected chi connectivity index (χ0v) is 95.4. The fourth-order valence-corrected chi connectivity index (χ4v) is 14.3. The average molecular weight is 1700 g/mol. The van der Waals surface area contributed by atoms with Gasteiger partial charge < -0.3 is 4.74 Å². The third-order valence-electron chi connectivity index (χ3n) is 22.6. The van der Waals surface area contributed by atoms with Gasteiger partial charge in [0.1, 0.15) is 5.75 Å². The molecule has 0 aliphatic rings. The third-order valence-corrected chi connectivity index (χ3v) is 22.6. The van der Waals surface area contributed by atoms with E-state index in [9.17, 15) is 0 Å². The van der Waals surface area contributed by atoms with Crippen LogP contribution < -0.4 is 4.74 Å². The summed E-state index contributed by atoms with van der Waals surface area (Å²) < 4.78 is 5.81. The van der Waals surface area contributed by atoms with Gasteiger partial charge in [-0.3, -0.25) is 0 Å². The second-order valence-corrected chi connectivity index (χ2v) is 49.4. The van der Waals surface area contributed by atoms with E-state index in [-0.39, 0.29) is 0 Å². The van der Waals surface area contributed by atoms with Crippen molar-refractivity contribution in [3.63, 3.8) is 0 Å². The van der Waals surface area contributed by atoms with E-state index < -0.39 is 0 Å². The Hall–Kier alpha value is -0.980. The van der Waals surface area contributed by atoms with Gasteiger partial charge in [0.15, 0.2) is 0 Å². The summed E-state index contributed by atoms with van der Waals surface area (Å²) in [5, 5.41) is 0. The molecule has 0 aromatic heterocycles. The minimum atomic E-state index is 0.408. The van der Waals surface area contributed by atoms with Crippen molar-refractivity contribution in [2.24, 2.45) is 96.6 Å². The summed E-state index contributed by atoms with van der Waals surface area (Å²) in [4.78, 5) is 0. The summed E-state index contributed by atoms with van der Waals surface area (Å²) in [6.45, 7) is 115. The Labute approximate surface area is 773 Å². The van der Waals surface area contributed by atoms with Gasteiger partial charge in [-0.15, -0.1) is 0 Å². The first-order valence-corrected chi connectivity index (χ1v) is 53.7. The summed E-state index contributed by atoms with van der Waals surface area (Å²) in [6, 6.07) is 6.36. The van der Waals surface area contributed by atoms with Gasteiger partial charge in [-0.25, -0.2) is 0 Å². The monoisotopic (exact) mass is 1700 g/mol. The van der Waals surface area contributed by atoms with Crippen LogP contribution in [0.5, 0.6) is 5.75 Å². The lowest BCUT2D eigenvalue weighted by molar-refractivity contribution is 0.221. The Morgan fingerprint density at radius 3 is 0.842 bits per heavy atom. The Bertz CT molecular complexity index is 2010. The predicted octanol–water partition coefficient (Wildman–Crippen LogP) is 45.5. The molecule has 0 aliphatic heterocycles. The maximum absolute atomic E-state index is 5.81. The summed E-state index contributed by atoms with van der Waals surface area (Å²) >= 11 is 0. The topological polar surface area (TPSA) is 9.23 Å². The smallest absolute Gasteiger partial charge is 0.122 e. The van der Waals surface area contributed by atoms with Crippen LogP contribution in [0.3, 0.4) is 0 Å². The molecule has 1 rings (SSSR count). The maximum atomic E-state index is 5.81. The van der Waals surface area contributed by atoms with Crippen molar-refractivity contribution in [2.75, 3.05) is 6.61 Å². The standard InChI is InChI=1S/2C18H38.C15H24O.C10H22.C9H20.3C8H18.C7H16.3C6H14/c1-14(12-17(4,5)6)10-11-15(2)16(3)13-18(7,8)9;1-4-6-8-10-11-13-15-17-18(3)16-14-12-9-7-5-2;1-12-7-8-13(2)14(11-12)16-10-6-9-15(3,4)5;1-5-6-7-8-9-10(2,3)4;1-6-8(2)7-9(3,4)5;1-5-6-7-8(2,3)4;1-4-6-7-8(3)5-2;1-4-6-8(3)7-5-2;1-5-6-7(2,3)4;1-5-6(2,3)4;2*1-4-5-6(2)3/h14-16H,10-13H2,1-9H3;18H,4-17H2,1-3H3;7-8,11H,6,9-10H2,1-5H3;5-9H2,1-4H3;8H,6-7H2,1-5H3;5-7H2,1-4H3;2*8H,4-7H2,1-3H3;5-6H2,1-4H3;5H2,1-4H3;2*6H,4-5H2,1-3H3. The average Bonchev–Trinajstić information content (AvgIpc) is 0.884. The first-order valence-electron chi connectivity index (χ1n) is 53.7. The molecule has 0 saturated carbocycles. The number of benzene rings is 1. The highest BCUT2D eigenvalue weighted by Gasteiger charge is 2.22. The Morgan fingerprint density at radius 1 is 0.242 bits per heavy atom. The molecule has 0 radical (unpaired) electrons. The molecule has 1 aromatic rings. The zero-order chi connectivity index (χ0) is 96.3. The molecular weight excluding hydrogens is 1450 g/mol. The molecule has 736 valence electrons. The minimum Gasteiger partial charge on any atom is -0.493 e. The summed E-state index contributed by atoms with van der Waals surface area (Å²) in [5.41, 5.74) is 6.57. The van der Waals surface area contributed by atoms with Crippen LogP contribution in [-0.2, 0) is 0 Å². The lowest BCUT2D eigenvalue weighted by Crippen LogP contribution is -2.18. The van der Waals surface area contributed by atoms with E-state index in [2.05, 4.69) is 364 Å². The predicted molar refractivity (Wildman–Crippen MR) is 572 cm³/mol. The highest BCUT2D eigenvalue weighted by molar-refractivity contribution is 5.35. The van der Waals surface area contributed by atoms with Crippen molar-refractivity contribution in [1.82, 2.24) is 0 Å². The van der Waals surface area contributed by atoms with Crippen LogP contribution in [0.1, 0.15) is 632 Å². The number of ether oxygens (including phenoxy) is 1. The van der Waals surface area contributed by atoms with Gasteiger partial charge in [-0.1, -0.05) is 582 Å². The molecule has 0 N–H and O–H groups in total. The van der Waals surface area contributed by atoms with Gasteiger partial charge in [0, 0.05) is 0 Å². The molecule has 1 aromatic carbocycles. The van der Waals surface area contributed by atoms with Gasteiger partial charge >= 0.3 is 0 Å². The number of hydrogen-bond donors (Lipinski definition) is 0. The Balaban J connectivity index is -0.000000123. The summed E-state index contributed by atoms with van der Waals surface area (Å²) in [5.74, 6) is 9.21. The number of unbranched alkanes of at least 4 members (excludes halogenated alkanes) is 15. The fraction of sp³-hybridized carbons (Fsp3) is 0.950. The number of aryl methyl sites for hydroxylation is 2. The van der Waals surface area contributed by atoms with Crippen molar-refractivity contribution >= 4 is 0 Å². The molecule has 0 fully saturated rings. The molecule has 6 atom stereocenters. The van der Waals surface area contributed by atoms with E-state index in [1.165, 1.54) is 294 Å². The Morgan fingerprint density at radius 2 is 0.558 bits per heavy atom. The highest BCUT2D eigenvalue weighted by atomic mass is 16.5. The number of hydrogen-bond acceptors (Lipinski definition) is 1. The minimum absolute atomic E-state index is 0.408. The van der Waals surface area contributed by atoms with Crippen LogP contribution in [0.25, 0.3) is 0 Å². The van der Waals surface area contributed by atoms with E-state index >= 15 is 0 Å². The van der Waals surface area contributed by atoms with Gasteiger partial charge in [-0.2, -0.15) is 0 Å². The molecule has 0 amide bonds. The lowest BCUT2D eigenvalue weighted by Gasteiger charge is -2.29. The molecule has 120 heavy (non-hydrogen) atoms. The van der Waals surface area contributed by atoms with Crippen LogP contribution in [0.4, 0.5) is 0 Å². The van der Waals surface area contributed by atoms with Gasteiger partial charge in [0.25, 0.3) is 0 Å². The third kappa shape index (κ3) is 161. The van der Waals surface area contributed by atoms with Crippen LogP contribution in [0.2, 0.25) is 0 Å². The SMILES string of the molecule is CC(CCC(C)C(C)CC(C)(C)C)CC(C)(C)C.CCC(C)(C)C.CCC(C)CC(C)(C)C.CCCC(C)(C)C.CCCC(C)C.CCCC(C)C.CCCC(C)CCC.CCCCC(C)(C)C.CCCCC(C)CC.CCCCCCC(C)(C)C.CCCCCCCCCC(C)CCCCCCC.Cc1ccc(C)c(OCCCC(C)(C)C)c1. The normalized spacial score (nSPS) is 13.1. The second kappa shape index (κ2) is 91.3. The van der Waals surface area contributed by atoms with E-state index in [4.69, 9.17) is 4.74 Å². The van der Waals surface area contributed by atoms with Crippen molar-refractivity contribution in [1.29, 1.82) is 0 Å². The molecule has 0 saturated heterocycles. The van der Waals surface area contributed by atoms with E-state index in [1.807, 2.05) is 0 Å². The van der Waals surface area contributed by atoms with Crippen molar-refractivity contribution < 1.29 is 4.74 Å². The van der Waals surface area contributed by atoms with Crippen molar-refractivity contribution in [3.05, 3.63) is 29.3 Å². The fourth-order valence-electron chi connectivity index (χ4n) is 14.3. The second-order valence-electron chi connectivity index (χ2n) is 49.4. The molecule has 0 bridgehead atoms. The van der Waals surface area contributed by atoms with Crippen molar-refractivity contribution in [2.45, 2.75) is 635 Å². The van der Waals surface area contributed by atoms with Crippen molar-refractivity contribution in [3.8, 4) is 5.75 Å². The number of rotatable bonds is 45. The van der Waals surface area contributed by atoms with Gasteiger partial charge in [0.2, 0.25) is 0 Å². The molecule has 1 nitrogen and oxygen atoms in total. The highest BCUT2D eigenvalue weighted by Crippen LogP contribution is 2.34. The molecule has 0 heterocycles. The Kier molecular flexibility index (Phi) is 108. The van der Waals surface area contributed by atoms with Crippen LogP contribution in [0, 0.1) is 110 Å². The van der Waals surface area contributed by atoms with Crippen LogP contribution in [0.15, 0.2) is 18.2 Å². The van der Waals surface area contributed by atoms with Gasteiger partial charge in [-0.05, 0) is 179 Å². The maximum Gasteiger partial charge on any atom is 0.122 e. The van der Waals surface area contributed by atoms with E-state index in [0.29, 0.717) is 43.3 Å². The quantitative estimate of drug-likeness (QED) is 0.0592. The molecular formula is C119H254O. The molecule has 0 aliphatic carbocycles. The van der Waals surface area contributed by atoms with Crippen LogP contribution in [-0.4, -0.2) is 6.61 Å². The van der Waals surface area contributed by atoms with E-state index in [0.717, 1.165) is 72.0 Å². The largest absolute Gasteiger partial charge is 0.493 e.